The SMILES string of the molecule is NCC1COCCN1C(=O)CCOc1ccccc1. The molecule has 104 valence electrons. The number of amides is 1. The number of carbonyl (C=O) groups is 1. The Labute approximate surface area is 113 Å². The minimum absolute atomic E-state index is 0.00187. The van der Waals surface area contributed by atoms with Crippen molar-refractivity contribution >= 4 is 5.91 Å². The lowest BCUT2D eigenvalue weighted by atomic mass is 10.2. The molecule has 1 unspecified atom stereocenters. The van der Waals surface area contributed by atoms with Gasteiger partial charge in [0.05, 0.1) is 32.3 Å². The molecule has 0 saturated carbocycles. The van der Waals surface area contributed by atoms with Crippen LogP contribution < -0.4 is 10.5 Å². The quantitative estimate of drug-likeness (QED) is 0.847. The molecule has 1 saturated heterocycles. The number of nitrogens with zero attached hydrogens (tertiary/aromatic N) is 1. The molecule has 1 aliphatic heterocycles. The van der Waals surface area contributed by atoms with Gasteiger partial charge >= 0.3 is 0 Å². The van der Waals surface area contributed by atoms with Crippen LogP contribution in [-0.4, -0.2) is 49.8 Å². The fraction of sp³-hybridized carbons (Fsp3) is 0.500. The average molecular weight is 264 g/mol. The van der Waals surface area contributed by atoms with E-state index in [0.29, 0.717) is 39.3 Å². The first-order valence-electron chi connectivity index (χ1n) is 6.56. The summed E-state index contributed by atoms with van der Waals surface area (Å²) in [4.78, 5) is 13.9. The van der Waals surface area contributed by atoms with Crippen molar-refractivity contribution in [2.75, 3.05) is 32.9 Å². The van der Waals surface area contributed by atoms with E-state index in [1.165, 1.54) is 0 Å². The summed E-state index contributed by atoms with van der Waals surface area (Å²) in [5.74, 6) is 0.863. The molecule has 5 nitrogen and oxygen atoms in total. The van der Waals surface area contributed by atoms with E-state index in [-0.39, 0.29) is 11.9 Å². The molecule has 2 rings (SSSR count). The normalized spacial score (nSPS) is 19.2. The van der Waals surface area contributed by atoms with Crippen LogP contribution in [-0.2, 0) is 9.53 Å². The van der Waals surface area contributed by atoms with Gasteiger partial charge in [-0.25, -0.2) is 0 Å². The summed E-state index contributed by atoms with van der Waals surface area (Å²) in [5, 5.41) is 0. The lowest BCUT2D eigenvalue weighted by molar-refractivity contribution is -0.139. The highest BCUT2D eigenvalue weighted by molar-refractivity contribution is 5.76. The largest absolute Gasteiger partial charge is 0.493 e. The summed E-state index contributed by atoms with van der Waals surface area (Å²) in [6.07, 6.45) is 0.366. The third kappa shape index (κ3) is 3.94. The van der Waals surface area contributed by atoms with Gasteiger partial charge in [-0.2, -0.15) is 0 Å². The van der Waals surface area contributed by atoms with Crippen LogP contribution in [0.3, 0.4) is 0 Å². The third-order valence-electron chi connectivity index (χ3n) is 3.15. The molecule has 0 aromatic heterocycles. The zero-order chi connectivity index (χ0) is 13.5. The monoisotopic (exact) mass is 264 g/mol. The van der Waals surface area contributed by atoms with E-state index in [1.807, 2.05) is 30.3 Å². The van der Waals surface area contributed by atoms with Gasteiger partial charge in [-0.05, 0) is 12.1 Å². The molecule has 1 aromatic rings. The highest BCUT2D eigenvalue weighted by atomic mass is 16.5. The number of rotatable bonds is 5. The van der Waals surface area contributed by atoms with Crippen molar-refractivity contribution in [2.24, 2.45) is 5.73 Å². The Bertz CT molecular complexity index is 397. The summed E-state index contributed by atoms with van der Waals surface area (Å²) in [6.45, 7) is 2.55. The van der Waals surface area contributed by atoms with Crippen LogP contribution in [0.4, 0.5) is 0 Å². The van der Waals surface area contributed by atoms with Gasteiger partial charge in [-0.1, -0.05) is 18.2 Å². The molecule has 0 spiro atoms. The summed E-state index contributed by atoms with van der Waals surface area (Å²) in [5.41, 5.74) is 5.65. The Balaban J connectivity index is 1.77. The van der Waals surface area contributed by atoms with Gasteiger partial charge in [0.2, 0.25) is 5.91 Å². The summed E-state index contributed by atoms with van der Waals surface area (Å²) in [6, 6.07) is 9.49. The minimum Gasteiger partial charge on any atom is -0.493 e. The Morgan fingerprint density at radius 3 is 2.95 bits per heavy atom. The second-order valence-corrected chi connectivity index (χ2v) is 4.46. The number of para-hydroxylation sites is 1. The van der Waals surface area contributed by atoms with Crippen LogP contribution in [0.25, 0.3) is 0 Å². The number of hydrogen-bond acceptors (Lipinski definition) is 4. The Hall–Kier alpha value is -1.59. The Kier molecular flexibility index (Phi) is 5.18. The number of carbonyl (C=O) groups excluding carboxylic acids is 1. The minimum atomic E-state index is -0.00187. The lowest BCUT2D eigenvalue weighted by Crippen LogP contribution is -2.52. The summed E-state index contributed by atoms with van der Waals surface area (Å²) >= 11 is 0. The molecule has 0 aliphatic carbocycles. The average Bonchev–Trinajstić information content (AvgIpc) is 2.48. The topological polar surface area (TPSA) is 64.8 Å². The molecule has 5 heteroatoms. The van der Waals surface area contributed by atoms with Gasteiger partial charge in [0.15, 0.2) is 0 Å². The van der Waals surface area contributed by atoms with Crippen molar-refractivity contribution in [3.63, 3.8) is 0 Å². The van der Waals surface area contributed by atoms with Crippen molar-refractivity contribution in [1.29, 1.82) is 0 Å². The third-order valence-corrected chi connectivity index (χ3v) is 3.15. The summed E-state index contributed by atoms with van der Waals surface area (Å²) in [7, 11) is 0. The van der Waals surface area contributed by atoms with Crippen molar-refractivity contribution in [1.82, 2.24) is 4.90 Å². The van der Waals surface area contributed by atoms with Gasteiger partial charge in [0.1, 0.15) is 5.75 Å². The fourth-order valence-corrected chi connectivity index (χ4v) is 2.09. The number of nitrogens with two attached hydrogens (primary N) is 1. The van der Waals surface area contributed by atoms with E-state index in [1.54, 1.807) is 4.90 Å². The number of ether oxygens (including phenoxy) is 2. The van der Waals surface area contributed by atoms with E-state index < -0.39 is 0 Å². The maximum atomic E-state index is 12.1. The van der Waals surface area contributed by atoms with Crippen molar-refractivity contribution in [2.45, 2.75) is 12.5 Å². The first kappa shape index (κ1) is 13.8. The highest BCUT2D eigenvalue weighted by Gasteiger charge is 2.25. The van der Waals surface area contributed by atoms with E-state index >= 15 is 0 Å². The molecule has 1 aromatic carbocycles. The second kappa shape index (κ2) is 7.11. The van der Waals surface area contributed by atoms with Crippen molar-refractivity contribution in [3.8, 4) is 5.75 Å². The molecule has 1 aliphatic rings. The molecule has 1 fully saturated rings. The molecule has 19 heavy (non-hydrogen) atoms. The van der Waals surface area contributed by atoms with Crippen LogP contribution in [0.2, 0.25) is 0 Å². The first-order chi connectivity index (χ1) is 9.31. The Morgan fingerprint density at radius 2 is 2.21 bits per heavy atom. The molecule has 0 bridgehead atoms. The van der Waals surface area contributed by atoms with Gasteiger partial charge in [-0.15, -0.1) is 0 Å². The van der Waals surface area contributed by atoms with E-state index in [2.05, 4.69) is 0 Å². The van der Waals surface area contributed by atoms with Gasteiger partial charge in [-0.3, -0.25) is 4.79 Å². The van der Waals surface area contributed by atoms with E-state index in [4.69, 9.17) is 15.2 Å². The second-order valence-electron chi connectivity index (χ2n) is 4.46. The smallest absolute Gasteiger partial charge is 0.226 e. The molecule has 0 radical (unpaired) electrons. The predicted molar refractivity (Wildman–Crippen MR) is 71.9 cm³/mol. The molecular formula is C14H20N2O3. The molecular weight excluding hydrogens is 244 g/mol. The summed E-state index contributed by atoms with van der Waals surface area (Å²) < 4.78 is 10.8. The zero-order valence-corrected chi connectivity index (χ0v) is 11.0. The van der Waals surface area contributed by atoms with Gasteiger partial charge in [0.25, 0.3) is 0 Å². The number of morpholine rings is 1. The van der Waals surface area contributed by atoms with E-state index in [0.717, 1.165) is 5.75 Å². The molecule has 2 N–H and O–H groups in total. The number of hydrogen-bond donors (Lipinski definition) is 1. The lowest BCUT2D eigenvalue weighted by Gasteiger charge is -2.34. The zero-order valence-electron chi connectivity index (χ0n) is 11.0. The molecule has 1 atom stereocenters. The van der Waals surface area contributed by atoms with Crippen molar-refractivity contribution in [3.05, 3.63) is 30.3 Å². The van der Waals surface area contributed by atoms with Crippen LogP contribution in [0, 0.1) is 0 Å². The van der Waals surface area contributed by atoms with E-state index in [9.17, 15) is 4.79 Å². The fourth-order valence-electron chi connectivity index (χ4n) is 2.09. The Morgan fingerprint density at radius 1 is 1.42 bits per heavy atom. The van der Waals surface area contributed by atoms with Crippen LogP contribution in [0.15, 0.2) is 30.3 Å². The standard InChI is InChI=1S/C14H20N2O3/c15-10-12-11-18-9-7-16(12)14(17)6-8-19-13-4-2-1-3-5-13/h1-5,12H,6-11,15H2. The highest BCUT2D eigenvalue weighted by Crippen LogP contribution is 2.11. The molecule has 1 heterocycles. The maximum Gasteiger partial charge on any atom is 0.226 e. The van der Waals surface area contributed by atoms with Crippen LogP contribution in [0.5, 0.6) is 5.75 Å². The first-order valence-corrected chi connectivity index (χ1v) is 6.56. The van der Waals surface area contributed by atoms with Crippen molar-refractivity contribution < 1.29 is 14.3 Å². The maximum absolute atomic E-state index is 12.1. The van der Waals surface area contributed by atoms with Crippen LogP contribution in [0.1, 0.15) is 6.42 Å². The van der Waals surface area contributed by atoms with Gasteiger partial charge in [0, 0.05) is 13.1 Å². The van der Waals surface area contributed by atoms with Crippen LogP contribution >= 0.6 is 0 Å². The number of benzene rings is 1. The molecule has 1 amide bonds. The van der Waals surface area contributed by atoms with Gasteiger partial charge < -0.3 is 20.1 Å². The predicted octanol–water partition coefficient (Wildman–Crippen LogP) is 0.642.